The standard InChI is InChI=1S/C16H24N2O/c1-3-15(14-8-6-5-7-9-14)16(19)18-12-10-17(4-2)11-13-18/h5-9,15H,3-4,10-13H2,1-2H3/p+1/t15-/m0/s1. The number of amides is 1. The molecule has 0 radical (unpaired) electrons. The molecule has 3 heteroatoms. The first-order valence-electron chi connectivity index (χ1n) is 7.43. The van der Waals surface area contributed by atoms with Gasteiger partial charge in [0.05, 0.1) is 38.6 Å². The Hall–Kier alpha value is -1.35. The Morgan fingerprint density at radius 1 is 1.21 bits per heavy atom. The Morgan fingerprint density at radius 3 is 2.37 bits per heavy atom. The van der Waals surface area contributed by atoms with Gasteiger partial charge in [-0.25, -0.2) is 0 Å². The van der Waals surface area contributed by atoms with Crippen LogP contribution in [-0.2, 0) is 4.79 Å². The van der Waals surface area contributed by atoms with Crippen LogP contribution in [0.1, 0.15) is 31.7 Å². The first kappa shape index (κ1) is 14.1. The molecule has 1 aliphatic heterocycles. The molecule has 1 heterocycles. The summed E-state index contributed by atoms with van der Waals surface area (Å²) in [5.41, 5.74) is 1.15. The SMILES string of the molecule is CC[C@H](C(=O)N1CC[NH+](CC)CC1)c1ccccc1. The van der Waals surface area contributed by atoms with Crippen molar-refractivity contribution in [1.82, 2.24) is 4.90 Å². The number of hydrogen-bond acceptors (Lipinski definition) is 1. The van der Waals surface area contributed by atoms with Gasteiger partial charge < -0.3 is 9.80 Å². The van der Waals surface area contributed by atoms with Crippen LogP contribution in [0.15, 0.2) is 30.3 Å². The topological polar surface area (TPSA) is 24.8 Å². The van der Waals surface area contributed by atoms with Crippen LogP contribution < -0.4 is 4.90 Å². The molecular formula is C16H25N2O+. The molecule has 0 bridgehead atoms. The lowest BCUT2D eigenvalue weighted by Crippen LogP contribution is -3.14. The van der Waals surface area contributed by atoms with E-state index in [1.165, 1.54) is 0 Å². The van der Waals surface area contributed by atoms with Crippen molar-refractivity contribution in [2.75, 3.05) is 32.7 Å². The van der Waals surface area contributed by atoms with Crippen LogP contribution in [0.2, 0.25) is 0 Å². The normalized spacial score (nSPS) is 18.3. The van der Waals surface area contributed by atoms with E-state index in [9.17, 15) is 4.79 Å². The van der Waals surface area contributed by atoms with E-state index in [1.807, 2.05) is 18.2 Å². The summed E-state index contributed by atoms with van der Waals surface area (Å²) in [4.78, 5) is 16.3. The van der Waals surface area contributed by atoms with E-state index >= 15 is 0 Å². The van der Waals surface area contributed by atoms with Gasteiger partial charge in [0.2, 0.25) is 5.91 Å². The molecule has 0 aromatic heterocycles. The smallest absolute Gasteiger partial charge is 0.230 e. The first-order chi connectivity index (χ1) is 9.26. The maximum atomic E-state index is 12.6. The van der Waals surface area contributed by atoms with Crippen molar-refractivity contribution in [3.63, 3.8) is 0 Å². The Kier molecular flexibility index (Phi) is 4.97. The number of carbonyl (C=O) groups is 1. The van der Waals surface area contributed by atoms with Crippen LogP contribution >= 0.6 is 0 Å². The van der Waals surface area contributed by atoms with E-state index in [0.717, 1.165) is 44.7 Å². The zero-order valence-electron chi connectivity index (χ0n) is 12.1. The van der Waals surface area contributed by atoms with Gasteiger partial charge in [0, 0.05) is 0 Å². The van der Waals surface area contributed by atoms with E-state index < -0.39 is 0 Å². The monoisotopic (exact) mass is 261 g/mol. The minimum Gasteiger partial charge on any atom is -0.332 e. The molecule has 3 nitrogen and oxygen atoms in total. The minimum absolute atomic E-state index is 0.0318. The van der Waals surface area contributed by atoms with Crippen LogP contribution in [0.25, 0.3) is 0 Å². The number of nitrogens with zero attached hydrogens (tertiary/aromatic N) is 1. The number of carbonyl (C=O) groups excluding carboxylic acids is 1. The third kappa shape index (κ3) is 3.35. The summed E-state index contributed by atoms with van der Waals surface area (Å²) < 4.78 is 0. The van der Waals surface area contributed by atoms with Crippen LogP contribution in [-0.4, -0.2) is 43.5 Å². The lowest BCUT2D eigenvalue weighted by molar-refractivity contribution is -0.902. The number of rotatable bonds is 4. The predicted molar refractivity (Wildman–Crippen MR) is 77.3 cm³/mol. The van der Waals surface area contributed by atoms with E-state index in [0.29, 0.717) is 5.91 Å². The van der Waals surface area contributed by atoms with Crippen molar-refractivity contribution in [3.05, 3.63) is 35.9 Å². The average Bonchev–Trinajstić information content (AvgIpc) is 2.49. The summed E-state index contributed by atoms with van der Waals surface area (Å²) >= 11 is 0. The predicted octanol–water partition coefficient (Wildman–Crippen LogP) is 0.927. The van der Waals surface area contributed by atoms with Gasteiger partial charge in [0.15, 0.2) is 0 Å². The molecule has 1 saturated heterocycles. The lowest BCUT2D eigenvalue weighted by atomic mass is 9.95. The van der Waals surface area contributed by atoms with Crippen molar-refractivity contribution in [1.29, 1.82) is 0 Å². The molecule has 19 heavy (non-hydrogen) atoms. The number of nitrogens with one attached hydrogen (secondary N) is 1. The zero-order valence-corrected chi connectivity index (χ0v) is 12.1. The molecule has 0 spiro atoms. The number of piperazine rings is 1. The van der Waals surface area contributed by atoms with E-state index in [4.69, 9.17) is 0 Å². The Bertz CT molecular complexity index is 396. The summed E-state index contributed by atoms with van der Waals surface area (Å²) in [6.45, 7) is 9.48. The van der Waals surface area contributed by atoms with E-state index in [2.05, 4.69) is 30.9 Å². The second kappa shape index (κ2) is 6.71. The van der Waals surface area contributed by atoms with Gasteiger partial charge in [-0.15, -0.1) is 0 Å². The highest BCUT2D eigenvalue weighted by atomic mass is 16.2. The fraction of sp³-hybridized carbons (Fsp3) is 0.562. The van der Waals surface area contributed by atoms with Crippen molar-refractivity contribution in [2.24, 2.45) is 0 Å². The molecule has 1 aromatic rings. The van der Waals surface area contributed by atoms with Crippen LogP contribution in [0.4, 0.5) is 0 Å². The molecule has 1 amide bonds. The molecule has 0 unspecified atom stereocenters. The quantitative estimate of drug-likeness (QED) is 0.857. The minimum atomic E-state index is 0.0318. The second-order valence-electron chi connectivity index (χ2n) is 5.30. The molecule has 1 N–H and O–H groups in total. The van der Waals surface area contributed by atoms with Crippen molar-refractivity contribution in [2.45, 2.75) is 26.2 Å². The van der Waals surface area contributed by atoms with E-state index in [1.54, 1.807) is 4.90 Å². The highest BCUT2D eigenvalue weighted by molar-refractivity contribution is 5.83. The Labute approximate surface area is 116 Å². The summed E-state index contributed by atoms with van der Waals surface area (Å²) in [6.07, 6.45) is 0.879. The fourth-order valence-corrected chi connectivity index (χ4v) is 2.86. The van der Waals surface area contributed by atoms with Crippen LogP contribution in [0.5, 0.6) is 0 Å². The number of likely N-dealkylation sites (N-methyl/N-ethyl adjacent to an activating group) is 1. The molecule has 104 valence electrons. The molecule has 2 rings (SSSR count). The molecule has 1 aliphatic rings. The van der Waals surface area contributed by atoms with Gasteiger partial charge in [0.25, 0.3) is 0 Å². The van der Waals surface area contributed by atoms with Crippen LogP contribution in [0.3, 0.4) is 0 Å². The van der Waals surface area contributed by atoms with Gasteiger partial charge in [-0.3, -0.25) is 4.79 Å². The van der Waals surface area contributed by atoms with Crippen molar-refractivity contribution < 1.29 is 9.69 Å². The molecular weight excluding hydrogens is 236 g/mol. The van der Waals surface area contributed by atoms with Gasteiger partial charge in [0.1, 0.15) is 0 Å². The number of hydrogen-bond donors (Lipinski definition) is 1. The number of benzene rings is 1. The maximum Gasteiger partial charge on any atom is 0.230 e. The Balaban J connectivity index is 2.02. The number of quaternary nitrogens is 1. The van der Waals surface area contributed by atoms with Gasteiger partial charge in [-0.05, 0) is 18.9 Å². The van der Waals surface area contributed by atoms with Crippen molar-refractivity contribution in [3.8, 4) is 0 Å². The van der Waals surface area contributed by atoms with Crippen LogP contribution in [0, 0.1) is 0 Å². The molecule has 1 fully saturated rings. The van der Waals surface area contributed by atoms with Gasteiger partial charge in [-0.1, -0.05) is 37.3 Å². The molecule has 0 aliphatic carbocycles. The summed E-state index contributed by atoms with van der Waals surface area (Å²) in [7, 11) is 0. The third-order valence-corrected chi connectivity index (χ3v) is 4.19. The van der Waals surface area contributed by atoms with E-state index in [-0.39, 0.29) is 5.92 Å². The Morgan fingerprint density at radius 2 is 1.84 bits per heavy atom. The van der Waals surface area contributed by atoms with Gasteiger partial charge in [-0.2, -0.15) is 0 Å². The summed E-state index contributed by atoms with van der Waals surface area (Å²) in [5, 5.41) is 0. The molecule has 1 aromatic carbocycles. The molecule has 1 atom stereocenters. The highest BCUT2D eigenvalue weighted by Crippen LogP contribution is 2.21. The lowest BCUT2D eigenvalue weighted by Gasteiger charge is -2.33. The third-order valence-electron chi connectivity index (χ3n) is 4.19. The van der Waals surface area contributed by atoms with Crippen molar-refractivity contribution >= 4 is 5.91 Å². The fourth-order valence-electron chi connectivity index (χ4n) is 2.86. The first-order valence-corrected chi connectivity index (χ1v) is 7.43. The summed E-state index contributed by atoms with van der Waals surface area (Å²) in [6, 6.07) is 10.2. The maximum absolute atomic E-state index is 12.6. The average molecular weight is 261 g/mol. The van der Waals surface area contributed by atoms with Gasteiger partial charge >= 0.3 is 0 Å². The summed E-state index contributed by atoms with van der Waals surface area (Å²) in [5.74, 6) is 0.341. The second-order valence-corrected chi connectivity index (χ2v) is 5.30. The largest absolute Gasteiger partial charge is 0.332 e. The molecule has 0 saturated carbocycles. The highest BCUT2D eigenvalue weighted by Gasteiger charge is 2.28. The zero-order chi connectivity index (χ0) is 13.7.